The molecule has 0 aliphatic rings. The lowest BCUT2D eigenvalue weighted by Crippen LogP contribution is -2.45. The van der Waals surface area contributed by atoms with Gasteiger partial charge >= 0.3 is 5.97 Å². The fourth-order valence-electron chi connectivity index (χ4n) is 12.0. The fourth-order valence-corrected chi connectivity index (χ4v) is 12.0. The first-order valence-electron chi connectivity index (χ1n) is 37.6. The van der Waals surface area contributed by atoms with E-state index in [1.165, 1.54) is 347 Å². The molecule has 6 nitrogen and oxygen atoms in total. The summed E-state index contributed by atoms with van der Waals surface area (Å²) in [5, 5.41) is 23.5. The van der Waals surface area contributed by atoms with E-state index in [2.05, 4.69) is 43.5 Å². The second-order valence-corrected chi connectivity index (χ2v) is 26.0. The maximum absolute atomic E-state index is 12.6. The van der Waals surface area contributed by atoms with E-state index >= 15 is 0 Å². The first kappa shape index (κ1) is 80.3. The minimum atomic E-state index is -0.664. The van der Waals surface area contributed by atoms with Gasteiger partial charge in [0, 0.05) is 12.8 Å². The van der Waals surface area contributed by atoms with Crippen molar-refractivity contribution < 1.29 is 24.5 Å². The number of aliphatic hydroxyl groups excluding tert-OH is 2. The van der Waals surface area contributed by atoms with E-state index in [0.717, 1.165) is 44.9 Å². The van der Waals surface area contributed by atoms with E-state index in [-0.39, 0.29) is 18.5 Å². The highest BCUT2D eigenvalue weighted by Gasteiger charge is 2.20. The van der Waals surface area contributed by atoms with Gasteiger partial charge in [-0.3, -0.25) is 9.59 Å². The van der Waals surface area contributed by atoms with Gasteiger partial charge in [-0.1, -0.05) is 359 Å². The average molecular weight is 1160 g/mol. The summed E-state index contributed by atoms with van der Waals surface area (Å²) in [6.07, 6.45) is 91.1. The van der Waals surface area contributed by atoms with Crippen LogP contribution in [0.3, 0.4) is 0 Å². The van der Waals surface area contributed by atoms with Crippen molar-refractivity contribution in [1.82, 2.24) is 5.32 Å². The van der Waals surface area contributed by atoms with E-state index in [0.29, 0.717) is 25.9 Å². The van der Waals surface area contributed by atoms with E-state index in [9.17, 15) is 19.8 Å². The predicted octanol–water partition coefficient (Wildman–Crippen LogP) is 24.5. The number of allylic oxidation sites excluding steroid dienone is 4. The maximum Gasteiger partial charge on any atom is 0.305 e. The van der Waals surface area contributed by atoms with E-state index < -0.39 is 12.1 Å². The van der Waals surface area contributed by atoms with Gasteiger partial charge in [-0.2, -0.15) is 0 Å². The lowest BCUT2D eigenvalue weighted by atomic mass is 10.0. The van der Waals surface area contributed by atoms with Crippen LogP contribution in [0.4, 0.5) is 0 Å². The second-order valence-electron chi connectivity index (χ2n) is 26.0. The molecule has 0 bridgehead atoms. The number of unbranched alkanes of at least 4 members (excludes halogenated alkanes) is 56. The standard InChI is InChI=1S/C76H147NO5/c1-3-5-7-9-11-13-15-17-18-19-20-21-30-33-36-39-42-45-48-52-56-60-64-68-74(79)73(72-78)77-75(80)69-65-61-57-53-49-46-43-40-37-34-31-28-26-24-22-23-25-27-29-32-35-38-41-44-47-51-55-59-63-67-71-82-76(81)70-66-62-58-54-50-16-14-12-10-8-6-4-2/h12,14,23,25,73-74,78-79H,3-11,13,15-22,24,26-72H2,1-2H3,(H,77,80)/b14-12-,25-23-. The zero-order chi connectivity index (χ0) is 59.2. The summed E-state index contributed by atoms with van der Waals surface area (Å²) in [4.78, 5) is 24.6. The van der Waals surface area contributed by atoms with Crippen LogP contribution in [0, 0.1) is 0 Å². The number of esters is 1. The molecule has 0 spiro atoms. The van der Waals surface area contributed by atoms with Crippen LogP contribution in [-0.4, -0.2) is 47.4 Å². The van der Waals surface area contributed by atoms with Gasteiger partial charge in [-0.15, -0.1) is 0 Å². The molecule has 0 radical (unpaired) electrons. The Hall–Kier alpha value is -1.66. The van der Waals surface area contributed by atoms with Gasteiger partial charge < -0.3 is 20.3 Å². The third-order valence-electron chi connectivity index (χ3n) is 17.7. The topological polar surface area (TPSA) is 95.9 Å². The van der Waals surface area contributed by atoms with Crippen LogP contribution >= 0.6 is 0 Å². The molecule has 0 aromatic heterocycles. The van der Waals surface area contributed by atoms with E-state index in [1.807, 2.05) is 0 Å². The molecule has 0 saturated heterocycles. The summed E-state index contributed by atoms with van der Waals surface area (Å²) in [7, 11) is 0. The Balaban J connectivity index is 3.37. The largest absolute Gasteiger partial charge is 0.466 e. The molecule has 0 heterocycles. The van der Waals surface area contributed by atoms with Crippen LogP contribution in [-0.2, 0) is 14.3 Å². The fraction of sp³-hybridized carbons (Fsp3) is 0.921. The van der Waals surface area contributed by atoms with Crippen molar-refractivity contribution in [1.29, 1.82) is 0 Å². The number of carbonyl (C=O) groups excluding carboxylic acids is 2. The van der Waals surface area contributed by atoms with Crippen molar-refractivity contribution in [2.45, 2.75) is 437 Å². The third kappa shape index (κ3) is 67.5. The molecule has 2 atom stereocenters. The zero-order valence-electron chi connectivity index (χ0n) is 55.8. The Bertz CT molecular complexity index is 1280. The van der Waals surface area contributed by atoms with Crippen molar-refractivity contribution in [3.8, 4) is 0 Å². The molecule has 0 saturated carbocycles. The minimum Gasteiger partial charge on any atom is -0.466 e. The molecule has 0 aliphatic carbocycles. The van der Waals surface area contributed by atoms with Crippen LogP contribution in [0.1, 0.15) is 425 Å². The number of hydrogen-bond donors (Lipinski definition) is 3. The number of carbonyl (C=O) groups is 2. The SMILES string of the molecule is CCCCC/C=C\CCCCCCCC(=O)OCCCCCCCCCCCCCC/C=C\CCCCCCCCCCCCCCCCC(=O)NC(CO)C(O)CCCCCCCCCCCCCCCCCCCCCCCCC. The predicted molar refractivity (Wildman–Crippen MR) is 361 cm³/mol. The van der Waals surface area contributed by atoms with Gasteiger partial charge in [-0.05, 0) is 77.0 Å². The number of amides is 1. The van der Waals surface area contributed by atoms with Crippen molar-refractivity contribution in [2.75, 3.05) is 13.2 Å². The molecular formula is C76H147NO5. The van der Waals surface area contributed by atoms with Crippen LogP contribution < -0.4 is 5.32 Å². The van der Waals surface area contributed by atoms with Crippen LogP contribution in [0.2, 0.25) is 0 Å². The van der Waals surface area contributed by atoms with E-state index in [4.69, 9.17) is 4.74 Å². The minimum absolute atomic E-state index is 0.00778. The first-order chi connectivity index (χ1) is 40.5. The van der Waals surface area contributed by atoms with E-state index in [1.54, 1.807) is 0 Å². The molecule has 0 aromatic carbocycles. The normalized spacial score (nSPS) is 12.6. The Labute approximate surface area is 513 Å². The zero-order valence-corrected chi connectivity index (χ0v) is 55.8. The van der Waals surface area contributed by atoms with Crippen LogP contribution in [0.25, 0.3) is 0 Å². The maximum atomic E-state index is 12.6. The Morgan fingerprint density at radius 3 is 0.890 bits per heavy atom. The average Bonchev–Trinajstić information content (AvgIpc) is 3.48. The van der Waals surface area contributed by atoms with Crippen molar-refractivity contribution in [3.63, 3.8) is 0 Å². The van der Waals surface area contributed by atoms with Crippen LogP contribution in [0.5, 0.6) is 0 Å². The number of hydrogen-bond acceptors (Lipinski definition) is 5. The number of ether oxygens (including phenoxy) is 1. The summed E-state index contributed by atoms with van der Waals surface area (Å²) in [6, 6.07) is -0.541. The molecule has 1 amide bonds. The van der Waals surface area contributed by atoms with Gasteiger partial charge in [0.15, 0.2) is 0 Å². The molecular weight excluding hydrogens is 1010 g/mol. The highest BCUT2D eigenvalue weighted by molar-refractivity contribution is 5.76. The summed E-state index contributed by atoms with van der Waals surface area (Å²) >= 11 is 0. The Morgan fingerprint density at radius 1 is 0.329 bits per heavy atom. The van der Waals surface area contributed by atoms with Gasteiger partial charge in [0.2, 0.25) is 5.91 Å². The Morgan fingerprint density at radius 2 is 0.573 bits per heavy atom. The molecule has 0 aliphatic heterocycles. The van der Waals surface area contributed by atoms with Gasteiger partial charge in [0.25, 0.3) is 0 Å². The Kier molecular flexibility index (Phi) is 70.4. The molecule has 6 heteroatoms. The second kappa shape index (κ2) is 71.8. The van der Waals surface area contributed by atoms with Crippen LogP contribution in [0.15, 0.2) is 24.3 Å². The molecule has 0 rings (SSSR count). The van der Waals surface area contributed by atoms with Gasteiger partial charge in [0.1, 0.15) is 0 Å². The lowest BCUT2D eigenvalue weighted by Gasteiger charge is -2.22. The van der Waals surface area contributed by atoms with Crippen molar-refractivity contribution >= 4 is 11.9 Å². The number of aliphatic hydroxyl groups is 2. The van der Waals surface area contributed by atoms with Gasteiger partial charge in [-0.25, -0.2) is 0 Å². The molecule has 3 N–H and O–H groups in total. The van der Waals surface area contributed by atoms with Crippen molar-refractivity contribution in [2.24, 2.45) is 0 Å². The molecule has 2 unspecified atom stereocenters. The quantitative estimate of drug-likeness (QED) is 0.0320. The summed E-state index contributed by atoms with van der Waals surface area (Å²) < 4.78 is 5.48. The smallest absolute Gasteiger partial charge is 0.305 e. The highest BCUT2D eigenvalue weighted by atomic mass is 16.5. The molecule has 82 heavy (non-hydrogen) atoms. The summed E-state index contributed by atoms with van der Waals surface area (Å²) in [6.45, 7) is 4.97. The molecule has 0 aromatic rings. The lowest BCUT2D eigenvalue weighted by molar-refractivity contribution is -0.143. The van der Waals surface area contributed by atoms with Gasteiger partial charge in [0.05, 0.1) is 25.4 Å². The number of nitrogens with one attached hydrogen (secondary N) is 1. The highest BCUT2D eigenvalue weighted by Crippen LogP contribution is 2.19. The monoisotopic (exact) mass is 1150 g/mol. The first-order valence-corrected chi connectivity index (χ1v) is 37.6. The molecule has 486 valence electrons. The summed E-state index contributed by atoms with van der Waals surface area (Å²) in [5.41, 5.74) is 0. The van der Waals surface area contributed by atoms with Crippen molar-refractivity contribution in [3.05, 3.63) is 24.3 Å². The molecule has 0 fully saturated rings. The summed E-state index contributed by atoms with van der Waals surface area (Å²) in [5.74, 6) is -0.0205. The third-order valence-corrected chi connectivity index (χ3v) is 17.7. The number of rotatable bonds is 71.